The third-order valence-electron chi connectivity index (χ3n) is 4.78. The molecular weight excluding hydrogens is 318 g/mol. The summed E-state index contributed by atoms with van der Waals surface area (Å²) in [5.41, 5.74) is 6.51. The van der Waals surface area contributed by atoms with E-state index in [2.05, 4.69) is 61.3 Å². The first-order valence-corrected chi connectivity index (χ1v) is 9.45. The number of pyridine rings is 1. The van der Waals surface area contributed by atoms with Gasteiger partial charge in [0.1, 0.15) is 12.4 Å². The summed E-state index contributed by atoms with van der Waals surface area (Å²) < 4.78 is 6.08. The lowest BCUT2D eigenvalue weighted by Crippen LogP contribution is -2.02. The number of hydrogen-bond donors (Lipinski definition) is 0. The third-order valence-corrected chi connectivity index (χ3v) is 4.78. The molecule has 0 spiro atoms. The second-order valence-corrected chi connectivity index (χ2v) is 6.68. The molecule has 0 fully saturated rings. The van der Waals surface area contributed by atoms with Gasteiger partial charge >= 0.3 is 0 Å². The molecule has 0 unspecified atom stereocenters. The zero-order valence-corrected chi connectivity index (χ0v) is 15.7. The number of rotatable bonds is 8. The number of aryl methyl sites for hydroxylation is 3. The van der Waals surface area contributed by atoms with Crippen molar-refractivity contribution in [2.45, 2.75) is 46.1 Å². The van der Waals surface area contributed by atoms with Gasteiger partial charge in [-0.3, -0.25) is 4.98 Å². The highest BCUT2D eigenvalue weighted by atomic mass is 16.5. The quantitative estimate of drug-likeness (QED) is 0.522. The topological polar surface area (TPSA) is 22.1 Å². The maximum atomic E-state index is 6.08. The van der Waals surface area contributed by atoms with Crippen LogP contribution in [0.1, 0.15) is 41.3 Å². The lowest BCUT2D eigenvalue weighted by Gasteiger charge is -2.13. The van der Waals surface area contributed by atoms with Crippen LogP contribution in [-0.2, 0) is 25.9 Å². The minimum atomic E-state index is 0.627. The lowest BCUT2D eigenvalue weighted by atomic mass is 10.0. The van der Waals surface area contributed by atoms with Crippen molar-refractivity contribution >= 4 is 0 Å². The molecule has 2 nitrogen and oxygen atoms in total. The average Bonchev–Trinajstić information content (AvgIpc) is 2.68. The van der Waals surface area contributed by atoms with Crippen molar-refractivity contribution in [3.05, 3.63) is 94.8 Å². The van der Waals surface area contributed by atoms with E-state index < -0.39 is 0 Å². The molecule has 2 heteroatoms. The highest BCUT2D eigenvalue weighted by molar-refractivity contribution is 5.35. The van der Waals surface area contributed by atoms with Crippen LogP contribution in [0.5, 0.6) is 5.75 Å². The number of aromatic nitrogens is 1. The molecule has 0 radical (unpaired) electrons. The second-order valence-electron chi connectivity index (χ2n) is 6.68. The van der Waals surface area contributed by atoms with Crippen molar-refractivity contribution in [2.24, 2.45) is 0 Å². The predicted octanol–water partition coefficient (Wildman–Crippen LogP) is 5.71. The van der Waals surface area contributed by atoms with Gasteiger partial charge in [-0.2, -0.15) is 0 Å². The molecule has 0 atom stereocenters. The average molecular weight is 345 g/mol. The van der Waals surface area contributed by atoms with Crippen LogP contribution in [0.15, 0.2) is 66.9 Å². The van der Waals surface area contributed by atoms with E-state index in [1.165, 1.54) is 22.3 Å². The fraction of sp³-hybridized carbons (Fsp3) is 0.292. The van der Waals surface area contributed by atoms with E-state index >= 15 is 0 Å². The summed E-state index contributed by atoms with van der Waals surface area (Å²) in [6.07, 6.45) is 6.05. The van der Waals surface area contributed by atoms with Gasteiger partial charge in [-0.1, -0.05) is 43.3 Å². The Balaban J connectivity index is 1.57. The van der Waals surface area contributed by atoms with Gasteiger partial charge in [0.05, 0.1) is 0 Å². The minimum absolute atomic E-state index is 0.627. The van der Waals surface area contributed by atoms with Crippen LogP contribution in [0, 0.1) is 6.92 Å². The Hall–Kier alpha value is -2.61. The molecule has 0 saturated heterocycles. The maximum Gasteiger partial charge on any atom is 0.120 e. The van der Waals surface area contributed by atoms with Crippen molar-refractivity contribution in [2.75, 3.05) is 0 Å². The van der Waals surface area contributed by atoms with E-state index in [-0.39, 0.29) is 0 Å². The molecule has 0 N–H and O–H groups in total. The van der Waals surface area contributed by atoms with Gasteiger partial charge in [0.2, 0.25) is 0 Å². The van der Waals surface area contributed by atoms with Crippen LogP contribution in [0.25, 0.3) is 0 Å². The third kappa shape index (κ3) is 4.95. The molecule has 0 aliphatic rings. The Labute approximate surface area is 156 Å². The Morgan fingerprint density at radius 2 is 1.81 bits per heavy atom. The molecule has 134 valence electrons. The van der Waals surface area contributed by atoms with E-state index in [0.29, 0.717) is 6.61 Å². The standard InChI is InChI=1S/C24H27NO/c1-3-24-19(2)9-6-12-21(24)18-26-23-15-8-11-20(17-23)10-7-14-22-13-4-5-16-25-22/h4-6,8-9,11-13,15-17H,3,7,10,14,18H2,1-2H3. The summed E-state index contributed by atoms with van der Waals surface area (Å²) >= 11 is 0. The Morgan fingerprint density at radius 1 is 0.923 bits per heavy atom. The normalized spacial score (nSPS) is 10.7. The highest BCUT2D eigenvalue weighted by Gasteiger charge is 2.05. The summed E-state index contributed by atoms with van der Waals surface area (Å²) in [5, 5.41) is 0. The minimum Gasteiger partial charge on any atom is -0.489 e. The molecule has 0 amide bonds. The van der Waals surface area contributed by atoms with Crippen LogP contribution < -0.4 is 4.74 Å². The summed E-state index contributed by atoms with van der Waals surface area (Å²) in [6.45, 7) is 5.00. The molecule has 1 heterocycles. The van der Waals surface area contributed by atoms with Crippen LogP contribution in [-0.4, -0.2) is 4.98 Å². The van der Waals surface area contributed by atoms with Gasteiger partial charge in [-0.05, 0) is 79.1 Å². The molecule has 1 aromatic heterocycles. The van der Waals surface area contributed by atoms with Gasteiger partial charge in [0, 0.05) is 11.9 Å². The van der Waals surface area contributed by atoms with Crippen molar-refractivity contribution in [3.8, 4) is 5.75 Å². The molecule has 3 rings (SSSR count). The zero-order valence-electron chi connectivity index (χ0n) is 15.7. The predicted molar refractivity (Wildman–Crippen MR) is 108 cm³/mol. The summed E-state index contributed by atoms with van der Waals surface area (Å²) in [4.78, 5) is 4.39. The van der Waals surface area contributed by atoms with Gasteiger partial charge in [-0.15, -0.1) is 0 Å². The molecule has 3 aromatic rings. The van der Waals surface area contributed by atoms with Crippen molar-refractivity contribution in [3.63, 3.8) is 0 Å². The van der Waals surface area contributed by atoms with Crippen LogP contribution >= 0.6 is 0 Å². The number of ether oxygens (including phenoxy) is 1. The monoisotopic (exact) mass is 345 g/mol. The van der Waals surface area contributed by atoms with E-state index in [0.717, 1.165) is 37.1 Å². The summed E-state index contributed by atoms with van der Waals surface area (Å²) in [7, 11) is 0. The van der Waals surface area contributed by atoms with Crippen molar-refractivity contribution in [1.82, 2.24) is 4.98 Å². The maximum absolute atomic E-state index is 6.08. The van der Waals surface area contributed by atoms with E-state index in [9.17, 15) is 0 Å². The van der Waals surface area contributed by atoms with Crippen LogP contribution in [0.3, 0.4) is 0 Å². The zero-order chi connectivity index (χ0) is 18.2. The van der Waals surface area contributed by atoms with Gasteiger partial charge in [0.15, 0.2) is 0 Å². The van der Waals surface area contributed by atoms with Gasteiger partial charge in [-0.25, -0.2) is 0 Å². The van der Waals surface area contributed by atoms with Crippen LogP contribution in [0.4, 0.5) is 0 Å². The number of benzene rings is 2. The van der Waals surface area contributed by atoms with Crippen molar-refractivity contribution in [1.29, 1.82) is 0 Å². The first-order valence-electron chi connectivity index (χ1n) is 9.45. The van der Waals surface area contributed by atoms with Crippen LogP contribution in [0.2, 0.25) is 0 Å². The molecular formula is C24H27NO. The molecule has 0 bridgehead atoms. The lowest BCUT2D eigenvalue weighted by molar-refractivity contribution is 0.304. The largest absolute Gasteiger partial charge is 0.489 e. The van der Waals surface area contributed by atoms with Gasteiger partial charge in [0.25, 0.3) is 0 Å². The fourth-order valence-corrected chi connectivity index (χ4v) is 3.38. The Kier molecular flexibility index (Phi) is 6.43. The number of hydrogen-bond acceptors (Lipinski definition) is 2. The molecule has 2 aromatic carbocycles. The first-order chi connectivity index (χ1) is 12.8. The van der Waals surface area contributed by atoms with E-state index in [1.807, 2.05) is 24.4 Å². The molecule has 26 heavy (non-hydrogen) atoms. The molecule has 0 aliphatic carbocycles. The molecule has 0 aliphatic heterocycles. The Bertz CT molecular complexity index is 827. The van der Waals surface area contributed by atoms with Gasteiger partial charge < -0.3 is 4.74 Å². The van der Waals surface area contributed by atoms with E-state index in [1.54, 1.807) is 0 Å². The number of nitrogens with zero attached hydrogens (tertiary/aromatic N) is 1. The van der Waals surface area contributed by atoms with Crippen molar-refractivity contribution < 1.29 is 4.74 Å². The highest BCUT2D eigenvalue weighted by Crippen LogP contribution is 2.20. The molecule has 0 saturated carbocycles. The first kappa shape index (κ1) is 18.2. The summed E-state index contributed by atoms with van der Waals surface area (Å²) in [5.74, 6) is 0.948. The smallest absolute Gasteiger partial charge is 0.120 e. The SMILES string of the molecule is CCc1c(C)cccc1COc1cccc(CCCc2ccccn2)c1. The Morgan fingerprint density at radius 3 is 2.62 bits per heavy atom. The fourth-order valence-electron chi connectivity index (χ4n) is 3.38. The second kappa shape index (κ2) is 9.19. The summed E-state index contributed by atoms with van der Waals surface area (Å²) in [6, 6.07) is 21.0. The van der Waals surface area contributed by atoms with E-state index in [4.69, 9.17) is 4.74 Å².